The van der Waals surface area contributed by atoms with Crippen molar-refractivity contribution in [2.24, 2.45) is 7.05 Å². The summed E-state index contributed by atoms with van der Waals surface area (Å²) in [6, 6.07) is -0.152. The van der Waals surface area contributed by atoms with Crippen LogP contribution in [0.1, 0.15) is 12.8 Å². The van der Waals surface area contributed by atoms with Gasteiger partial charge >= 0.3 is 0 Å². The van der Waals surface area contributed by atoms with Gasteiger partial charge in [-0.15, -0.1) is 0 Å². The number of nitrogens with zero attached hydrogens (tertiary/aromatic N) is 3. The zero-order valence-corrected chi connectivity index (χ0v) is 12.4. The van der Waals surface area contributed by atoms with E-state index in [0.29, 0.717) is 13.2 Å². The first-order valence-corrected chi connectivity index (χ1v) is 8.12. The zero-order chi connectivity index (χ0) is 14.3. The molecule has 1 aromatic heterocycles. The molecule has 3 rings (SSSR count). The number of ether oxygens (including phenoxy) is 2. The standard InChI is InChI=1S/C12H19N3O4S/c1-14-7-11(13-8-14)20(16,17)15-6-10(18-2)12-9(15)4-3-5-19-12/h7-10,12H,3-6H2,1-2H3/t9-,10+,12+/m1/s1. The summed E-state index contributed by atoms with van der Waals surface area (Å²) in [7, 11) is -0.246. The van der Waals surface area contributed by atoms with E-state index in [4.69, 9.17) is 9.47 Å². The van der Waals surface area contributed by atoms with Gasteiger partial charge in [-0.25, -0.2) is 13.4 Å². The third kappa shape index (κ3) is 2.16. The van der Waals surface area contributed by atoms with E-state index in [1.165, 1.54) is 16.8 Å². The van der Waals surface area contributed by atoms with E-state index in [1.54, 1.807) is 18.7 Å². The molecule has 3 atom stereocenters. The molecule has 2 aliphatic rings. The van der Waals surface area contributed by atoms with E-state index in [9.17, 15) is 8.42 Å². The molecule has 2 saturated heterocycles. The molecule has 0 saturated carbocycles. The molecule has 8 heteroatoms. The van der Waals surface area contributed by atoms with Gasteiger partial charge in [0, 0.05) is 33.5 Å². The van der Waals surface area contributed by atoms with Crippen molar-refractivity contribution in [3.63, 3.8) is 0 Å². The van der Waals surface area contributed by atoms with Crippen molar-refractivity contribution in [1.82, 2.24) is 13.9 Å². The number of imidazole rings is 1. The predicted molar refractivity (Wildman–Crippen MR) is 70.7 cm³/mol. The highest BCUT2D eigenvalue weighted by Crippen LogP contribution is 2.34. The van der Waals surface area contributed by atoms with Gasteiger partial charge in [0.1, 0.15) is 6.10 Å². The van der Waals surface area contributed by atoms with Crippen molar-refractivity contribution in [2.45, 2.75) is 36.1 Å². The molecule has 0 unspecified atom stereocenters. The summed E-state index contributed by atoms with van der Waals surface area (Å²) in [4.78, 5) is 3.97. The molecular formula is C12H19N3O4S. The van der Waals surface area contributed by atoms with E-state index < -0.39 is 10.0 Å². The third-order valence-corrected chi connectivity index (χ3v) is 5.76. The molecule has 0 spiro atoms. The van der Waals surface area contributed by atoms with Gasteiger partial charge in [-0.1, -0.05) is 0 Å². The lowest BCUT2D eigenvalue weighted by Gasteiger charge is -2.31. The lowest BCUT2D eigenvalue weighted by molar-refractivity contribution is -0.0624. The van der Waals surface area contributed by atoms with Crippen molar-refractivity contribution >= 4 is 10.0 Å². The Labute approximate surface area is 118 Å². The predicted octanol–water partition coefficient (Wildman–Crippen LogP) is -0.0130. The van der Waals surface area contributed by atoms with E-state index in [-0.39, 0.29) is 23.3 Å². The first-order valence-electron chi connectivity index (χ1n) is 6.68. The molecule has 3 heterocycles. The van der Waals surface area contributed by atoms with E-state index in [0.717, 1.165) is 12.8 Å². The van der Waals surface area contributed by atoms with Gasteiger partial charge in [-0.3, -0.25) is 0 Å². The van der Waals surface area contributed by atoms with Crippen LogP contribution in [0.2, 0.25) is 0 Å². The minimum Gasteiger partial charge on any atom is -0.377 e. The summed E-state index contributed by atoms with van der Waals surface area (Å²) in [6.45, 7) is 0.989. The number of fused-ring (bicyclic) bond motifs is 1. The minimum atomic E-state index is -3.59. The number of methoxy groups -OCH3 is 1. The highest BCUT2D eigenvalue weighted by atomic mass is 32.2. The zero-order valence-electron chi connectivity index (χ0n) is 11.6. The number of hydrogen-bond donors (Lipinski definition) is 0. The fourth-order valence-electron chi connectivity index (χ4n) is 2.99. The average Bonchev–Trinajstić information content (AvgIpc) is 3.03. The highest BCUT2D eigenvalue weighted by molar-refractivity contribution is 7.89. The summed E-state index contributed by atoms with van der Waals surface area (Å²) in [6.07, 6.45) is 4.30. The average molecular weight is 301 g/mol. The highest BCUT2D eigenvalue weighted by Gasteiger charge is 2.49. The Morgan fingerprint density at radius 2 is 2.30 bits per heavy atom. The Balaban J connectivity index is 1.93. The molecule has 0 aliphatic carbocycles. The molecule has 2 fully saturated rings. The van der Waals surface area contributed by atoms with E-state index in [1.807, 2.05) is 0 Å². The lowest BCUT2D eigenvalue weighted by Crippen LogP contribution is -2.43. The molecule has 0 N–H and O–H groups in total. The number of aryl methyl sites for hydroxylation is 1. The van der Waals surface area contributed by atoms with Crippen LogP contribution in [0.3, 0.4) is 0 Å². The maximum Gasteiger partial charge on any atom is 0.262 e. The maximum atomic E-state index is 12.7. The fraction of sp³-hybridized carbons (Fsp3) is 0.750. The second kappa shape index (κ2) is 5.10. The fourth-order valence-corrected chi connectivity index (χ4v) is 4.64. The molecule has 112 valence electrons. The Morgan fingerprint density at radius 1 is 1.50 bits per heavy atom. The van der Waals surface area contributed by atoms with Gasteiger partial charge < -0.3 is 14.0 Å². The normalized spacial score (nSPS) is 31.4. The second-order valence-electron chi connectivity index (χ2n) is 5.27. The van der Waals surface area contributed by atoms with Gasteiger partial charge in [0.2, 0.25) is 0 Å². The molecule has 20 heavy (non-hydrogen) atoms. The number of sulfonamides is 1. The lowest BCUT2D eigenvalue weighted by atomic mass is 10.0. The molecule has 2 aliphatic heterocycles. The van der Waals surface area contributed by atoms with Crippen LogP contribution in [0.15, 0.2) is 17.6 Å². The molecule has 0 radical (unpaired) electrons. The maximum absolute atomic E-state index is 12.7. The van der Waals surface area contributed by atoms with Crippen molar-refractivity contribution in [3.05, 3.63) is 12.5 Å². The quantitative estimate of drug-likeness (QED) is 0.785. The van der Waals surface area contributed by atoms with Crippen LogP contribution in [-0.4, -0.2) is 60.8 Å². The van der Waals surface area contributed by atoms with Crippen LogP contribution >= 0.6 is 0 Å². The third-order valence-electron chi connectivity index (χ3n) is 3.99. The summed E-state index contributed by atoms with van der Waals surface area (Å²) < 4.78 is 39.6. The number of rotatable bonds is 3. The Kier molecular flexibility index (Phi) is 3.57. The Morgan fingerprint density at radius 3 is 2.95 bits per heavy atom. The molecule has 1 aromatic rings. The van der Waals surface area contributed by atoms with Crippen LogP contribution < -0.4 is 0 Å². The summed E-state index contributed by atoms with van der Waals surface area (Å²) in [5.41, 5.74) is 0. The van der Waals surface area contributed by atoms with Crippen molar-refractivity contribution in [1.29, 1.82) is 0 Å². The summed E-state index contributed by atoms with van der Waals surface area (Å²) >= 11 is 0. The van der Waals surface area contributed by atoms with Crippen LogP contribution in [-0.2, 0) is 26.5 Å². The Hall–Kier alpha value is -0.960. The van der Waals surface area contributed by atoms with E-state index >= 15 is 0 Å². The van der Waals surface area contributed by atoms with Crippen molar-refractivity contribution in [2.75, 3.05) is 20.3 Å². The molecular weight excluding hydrogens is 282 g/mol. The van der Waals surface area contributed by atoms with Crippen LogP contribution in [0, 0.1) is 0 Å². The molecule has 0 bridgehead atoms. The van der Waals surface area contributed by atoms with Crippen LogP contribution in [0.5, 0.6) is 0 Å². The van der Waals surface area contributed by atoms with Gasteiger partial charge in [0.05, 0.1) is 18.5 Å². The van der Waals surface area contributed by atoms with Gasteiger partial charge in [-0.2, -0.15) is 4.31 Å². The van der Waals surface area contributed by atoms with Crippen LogP contribution in [0.25, 0.3) is 0 Å². The SMILES string of the molecule is CO[C@H]1CN(S(=O)(=O)c2cn(C)cn2)[C@@H]2CCCO[C@H]12. The minimum absolute atomic E-state index is 0.0843. The Bertz CT molecular complexity index is 585. The van der Waals surface area contributed by atoms with E-state index in [2.05, 4.69) is 4.98 Å². The smallest absolute Gasteiger partial charge is 0.262 e. The second-order valence-corrected chi connectivity index (χ2v) is 7.11. The van der Waals surface area contributed by atoms with Gasteiger partial charge in [0.15, 0.2) is 5.03 Å². The molecule has 0 aromatic carbocycles. The summed E-state index contributed by atoms with van der Waals surface area (Å²) in [5, 5.41) is 0.0843. The summed E-state index contributed by atoms with van der Waals surface area (Å²) in [5.74, 6) is 0. The monoisotopic (exact) mass is 301 g/mol. The van der Waals surface area contributed by atoms with Gasteiger partial charge in [0.25, 0.3) is 10.0 Å². The number of hydrogen-bond acceptors (Lipinski definition) is 5. The largest absolute Gasteiger partial charge is 0.377 e. The topological polar surface area (TPSA) is 73.7 Å². The molecule has 7 nitrogen and oxygen atoms in total. The van der Waals surface area contributed by atoms with Crippen molar-refractivity contribution < 1.29 is 17.9 Å². The number of aromatic nitrogens is 2. The van der Waals surface area contributed by atoms with Crippen molar-refractivity contribution in [3.8, 4) is 0 Å². The van der Waals surface area contributed by atoms with Gasteiger partial charge in [-0.05, 0) is 12.8 Å². The molecule has 0 amide bonds. The first kappa shape index (κ1) is 14.0. The van der Waals surface area contributed by atoms with Crippen LogP contribution in [0.4, 0.5) is 0 Å². The first-order chi connectivity index (χ1) is 9.54.